The van der Waals surface area contributed by atoms with Crippen LogP contribution < -0.4 is 5.46 Å². The first-order valence-electron chi connectivity index (χ1n) is 4.72. The zero-order valence-electron chi connectivity index (χ0n) is 8.55. The lowest BCUT2D eigenvalue weighted by Gasteiger charge is -2.10. The van der Waals surface area contributed by atoms with E-state index in [4.69, 9.17) is 9.76 Å². The van der Waals surface area contributed by atoms with E-state index in [1.54, 1.807) is 0 Å². The maximum Gasteiger partial charge on any atom is 0.494 e. The summed E-state index contributed by atoms with van der Waals surface area (Å²) >= 11 is -1.97. The second-order valence-electron chi connectivity index (χ2n) is 3.50. The Labute approximate surface area is 99.5 Å². The van der Waals surface area contributed by atoms with Gasteiger partial charge in [0.2, 0.25) is 5.75 Å². The van der Waals surface area contributed by atoms with Gasteiger partial charge in [-0.1, -0.05) is 6.07 Å². The summed E-state index contributed by atoms with van der Waals surface area (Å²) in [6, 6.07) is 2.73. The van der Waals surface area contributed by atoms with Crippen molar-refractivity contribution in [2.75, 3.05) is 5.75 Å². The summed E-state index contributed by atoms with van der Waals surface area (Å²) in [4.78, 5) is 10.2. The van der Waals surface area contributed by atoms with Crippen LogP contribution in [0.3, 0.4) is 0 Å². The largest absolute Gasteiger partial charge is 0.611 e. The average Bonchev–Trinajstić information content (AvgIpc) is 2.60. The smallest absolute Gasteiger partial charge is 0.494 e. The van der Waals surface area contributed by atoms with Gasteiger partial charge in [-0.05, 0) is 22.8 Å². The highest BCUT2D eigenvalue weighted by Crippen LogP contribution is 2.20. The number of carboxylic acids is 1. The molecule has 0 saturated carbocycles. The lowest BCUT2D eigenvalue weighted by molar-refractivity contribution is -0.134. The molecule has 0 aromatic heterocycles. The Hall–Kier alpha value is -1.09. The standard InChI is InChI=1S/C9H8BFO5S/c11-9-6(17(15)4-7(12)13)2-1-5-3-16-10(14)8(5)9/h1-2,14H,3-4H2,(H,12,13)/t17-/m0/s1. The molecule has 2 rings (SSSR count). The minimum absolute atomic E-state index is 0.0544. The Bertz CT molecular complexity index is 469. The van der Waals surface area contributed by atoms with E-state index in [9.17, 15) is 18.8 Å². The molecule has 0 aliphatic carbocycles. The predicted molar refractivity (Wildman–Crippen MR) is 57.7 cm³/mol. The topological polar surface area (TPSA) is 89.8 Å². The number of hydrogen-bond donors (Lipinski definition) is 2. The Kier molecular flexibility index (Phi) is 3.39. The second kappa shape index (κ2) is 4.65. The van der Waals surface area contributed by atoms with E-state index in [1.807, 2.05) is 0 Å². The molecule has 0 bridgehead atoms. The summed E-state index contributed by atoms with van der Waals surface area (Å²) in [6.45, 7) is 0.0826. The van der Waals surface area contributed by atoms with Crippen molar-refractivity contribution < 1.29 is 28.5 Å². The molecule has 0 saturated heterocycles. The Morgan fingerprint density at radius 3 is 3.00 bits per heavy atom. The van der Waals surface area contributed by atoms with E-state index >= 15 is 0 Å². The molecule has 8 heteroatoms. The fourth-order valence-corrected chi connectivity index (χ4v) is 2.53. The first-order chi connectivity index (χ1) is 8.00. The van der Waals surface area contributed by atoms with Gasteiger partial charge in [-0.3, -0.25) is 0 Å². The zero-order chi connectivity index (χ0) is 12.6. The monoisotopic (exact) mass is 258 g/mol. The van der Waals surface area contributed by atoms with Gasteiger partial charge in [-0.2, -0.15) is 0 Å². The van der Waals surface area contributed by atoms with Gasteiger partial charge in [-0.25, -0.2) is 9.18 Å². The minimum atomic E-state index is -1.97. The third-order valence-electron chi connectivity index (χ3n) is 2.38. The number of benzene rings is 1. The van der Waals surface area contributed by atoms with Gasteiger partial charge in [0.05, 0.1) is 6.61 Å². The van der Waals surface area contributed by atoms with E-state index in [0.717, 1.165) is 0 Å². The van der Waals surface area contributed by atoms with Crippen LogP contribution in [-0.2, 0) is 27.2 Å². The van der Waals surface area contributed by atoms with Gasteiger partial charge in [0.1, 0.15) is 0 Å². The molecular weight excluding hydrogens is 250 g/mol. The van der Waals surface area contributed by atoms with Gasteiger partial charge in [0.25, 0.3) is 0 Å². The number of aliphatic carboxylic acids is 1. The number of hydrogen-bond acceptors (Lipinski definition) is 4. The van der Waals surface area contributed by atoms with Crippen molar-refractivity contribution in [3.8, 4) is 0 Å². The highest BCUT2D eigenvalue weighted by Gasteiger charge is 2.35. The number of carboxylic acid groups (broad SMARTS) is 1. The lowest BCUT2D eigenvalue weighted by atomic mass is 9.79. The van der Waals surface area contributed by atoms with Crippen molar-refractivity contribution in [3.05, 3.63) is 23.5 Å². The van der Waals surface area contributed by atoms with Crippen LogP contribution in [0, 0.1) is 5.82 Å². The highest BCUT2D eigenvalue weighted by atomic mass is 32.2. The van der Waals surface area contributed by atoms with E-state index in [-0.39, 0.29) is 17.0 Å². The van der Waals surface area contributed by atoms with Crippen LogP contribution in [0.25, 0.3) is 0 Å². The van der Waals surface area contributed by atoms with Crippen LogP contribution in [0.4, 0.5) is 4.39 Å². The van der Waals surface area contributed by atoms with Gasteiger partial charge in [-0.15, -0.1) is 0 Å². The molecule has 1 aliphatic heterocycles. The van der Waals surface area contributed by atoms with Crippen LogP contribution >= 0.6 is 0 Å². The maximum atomic E-state index is 13.9. The van der Waals surface area contributed by atoms with E-state index in [2.05, 4.69) is 0 Å². The van der Waals surface area contributed by atoms with E-state index in [0.29, 0.717) is 5.56 Å². The summed E-state index contributed by atoms with van der Waals surface area (Å²) in [7, 11) is -1.38. The molecule has 0 unspecified atom stereocenters. The Balaban J connectivity index is 2.37. The number of fused-ring (bicyclic) bond motifs is 1. The van der Waals surface area contributed by atoms with Crippen molar-refractivity contribution in [2.45, 2.75) is 11.5 Å². The van der Waals surface area contributed by atoms with Crippen LogP contribution in [-0.4, -0.2) is 33.5 Å². The molecule has 2 N–H and O–H groups in total. The quantitative estimate of drug-likeness (QED) is 0.549. The van der Waals surface area contributed by atoms with Crippen LogP contribution in [0.2, 0.25) is 0 Å². The third-order valence-corrected chi connectivity index (χ3v) is 3.69. The fourth-order valence-electron chi connectivity index (χ4n) is 1.62. The van der Waals surface area contributed by atoms with Crippen molar-refractivity contribution in [1.29, 1.82) is 0 Å². The first-order valence-corrected chi connectivity index (χ1v) is 6.03. The summed E-state index contributed by atoms with van der Waals surface area (Å²) in [5, 5.41) is 17.9. The van der Waals surface area contributed by atoms with Gasteiger partial charge in [0.15, 0.2) is 10.7 Å². The summed E-state index contributed by atoms with van der Waals surface area (Å²) < 4.78 is 30.3. The molecule has 0 spiro atoms. The normalized spacial score (nSPS) is 15.8. The SMILES string of the molecule is O=C(O)C[S@+]([O-])c1ccc2c(c1F)B(O)OC2. The molecule has 5 nitrogen and oxygen atoms in total. The molecule has 0 fully saturated rings. The summed E-state index contributed by atoms with van der Waals surface area (Å²) in [5.74, 6) is -2.81. The number of halogens is 1. The van der Waals surface area contributed by atoms with E-state index < -0.39 is 35.8 Å². The van der Waals surface area contributed by atoms with Crippen molar-refractivity contribution in [2.24, 2.45) is 0 Å². The molecule has 1 heterocycles. The van der Waals surface area contributed by atoms with Crippen LogP contribution in [0.1, 0.15) is 5.56 Å². The average molecular weight is 258 g/mol. The third kappa shape index (κ3) is 2.30. The minimum Gasteiger partial charge on any atom is -0.611 e. The summed E-state index contributed by atoms with van der Waals surface area (Å²) in [5.41, 5.74) is 0.423. The molecule has 1 aromatic rings. The van der Waals surface area contributed by atoms with Crippen LogP contribution in [0.5, 0.6) is 0 Å². The molecule has 90 valence electrons. The van der Waals surface area contributed by atoms with Crippen LogP contribution in [0.15, 0.2) is 17.0 Å². The summed E-state index contributed by atoms with van der Waals surface area (Å²) in [6.07, 6.45) is 0. The Morgan fingerprint density at radius 2 is 2.35 bits per heavy atom. The van der Waals surface area contributed by atoms with Gasteiger partial charge < -0.3 is 19.3 Å². The van der Waals surface area contributed by atoms with Crippen molar-refractivity contribution in [1.82, 2.24) is 0 Å². The second-order valence-corrected chi connectivity index (χ2v) is 4.92. The first kappa shape index (κ1) is 12.4. The zero-order valence-corrected chi connectivity index (χ0v) is 9.37. The Morgan fingerprint density at radius 1 is 1.65 bits per heavy atom. The van der Waals surface area contributed by atoms with Gasteiger partial charge >= 0.3 is 13.1 Å². The van der Waals surface area contributed by atoms with Gasteiger partial charge in [0, 0.05) is 5.46 Å². The molecule has 1 atom stereocenters. The lowest BCUT2D eigenvalue weighted by Crippen LogP contribution is -2.33. The number of carbonyl (C=O) groups is 1. The molecule has 1 aromatic carbocycles. The molecule has 0 amide bonds. The van der Waals surface area contributed by atoms with E-state index in [1.165, 1.54) is 12.1 Å². The maximum absolute atomic E-state index is 13.9. The fraction of sp³-hybridized carbons (Fsp3) is 0.222. The number of rotatable bonds is 3. The van der Waals surface area contributed by atoms with Crippen molar-refractivity contribution in [3.63, 3.8) is 0 Å². The molecule has 1 aliphatic rings. The predicted octanol–water partition coefficient (Wildman–Crippen LogP) is -0.764. The molecular formula is C9H8BFO5S. The molecule has 17 heavy (non-hydrogen) atoms. The molecule has 0 radical (unpaired) electrons. The highest BCUT2D eigenvalue weighted by molar-refractivity contribution is 7.92. The van der Waals surface area contributed by atoms with Crippen molar-refractivity contribution >= 4 is 29.7 Å².